The molecule has 0 saturated carbocycles. The number of aromatic amines is 1. The second-order valence-electron chi connectivity index (χ2n) is 4.29. The third-order valence-electron chi connectivity index (χ3n) is 2.64. The van der Waals surface area contributed by atoms with Gasteiger partial charge in [0.05, 0.1) is 6.33 Å². The van der Waals surface area contributed by atoms with Gasteiger partial charge in [0.1, 0.15) is 5.52 Å². The molecule has 3 N–H and O–H groups in total. The molecule has 2 aromatic heterocycles. The van der Waals surface area contributed by atoms with E-state index in [9.17, 15) is 0 Å². The summed E-state index contributed by atoms with van der Waals surface area (Å²) in [7, 11) is 0. The lowest BCUT2D eigenvalue weighted by Crippen LogP contribution is -2.32. The zero-order valence-electron chi connectivity index (χ0n) is 10.4. The van der Waals surface area contributed by atoms with E-state index in [4.69, 9.17) is 5.73 Å². The van der Waals surface area contributed by atoms with Crippen LogP contribution in [0.5, 0.6) is 0 Å². The molecule has 0 aliphatic heterocycles. The highest BCUT2D eigenvalue weighted by Gasteiger charge is 2.17. The van der Waals surface area contributed by atoms with Crippen LogP contribution in [0, 0.1) is 0 Å². The van der Waals surface area contributed by atoms with Crippen LogP contribution >= 0.6 is 0 Å². The number of H-pyrrole nitrogens is 1. The third-order valence-corrected chi connectivity index (χ3v) is 2.64. The summed E-state index contributed by atoms with van der Waals surface area (Å²) in [5.41, 5.74) is 7.18. The molecule has 92 valence electrons. The quantitative estimate of drug-likeness (QED) is 0.838. The van der Waals surface area contributed by atoms with Gasteiger partial charge in [0.15, 0.2) is 11.5 Å². The Kier molecular flexibility index (Phi) is 3.12. The molecule has 0 aliphatic carbocycles. The normalized spacial score (nSPS) is 11.3. The molecule has 6 nitrogen and oxygen atoms in total. The maximum Gasteiger partial charge on any atom is 0.224 e. The van der Waals surface area contributed by atoms with Crippen molar-refractivity contribution in [1.82, 2.24) is 19.9 Å². The Morgan fingerprint density at radius 2 is 2.18 bits per heavy atom. The maximum absolute atomic E-state index is 5.72. The highest BCUT2D eigenvalue weighted by Crippen LogP contribution is 2.23. The fraction of sp³-hybridized carbons (Fsp3) is 0.545. The molecule has 0 bridgehead atoms. The topological polar surface area (TPSA) is 83.7 Å². The smallest absolute Gasteiger partial charge is 0.224 e. The highest BCUT2D eigenvalue weighted by molar-refractivity contribution is 5.84. The summed E-state index contributed by atoms with van der Waals surface area (Å²) in [4.78, 5) is 17.8. The van der Waals surface area contributed by atoms with Gasteiger partial charge in [0.2, 0.25) is 5.95 Å². The Hall–Kier alpha value is -1.85. The zero-order valence-corrected chi connectivity index (χ0v) is 10.4. The van der Waals surface area contributed by atoms with E-state index in [1.165, 1.54) is 0 Å². The molecular formula is C11H18N6. The predicted octanol–water partition coefficient (Wildman–Crippen LogP) is 1.56. The molecule has 6 heteroatoms. The second-order valence-corrected chi connectivity index (χ2v) is 4.29. The molecule has 2 heterocycles. The maximum atomic E-state index is 5.72. The second kappa shape index (κ2) is 4.57. The number of hydrogen-bond acceptors (Lipinski definition) is 5. The molecule has 0 saturated heterocycles. The number of fused-ring (bicyclic) bond motifs is 1. The summed E-state index contributed by atoms with van der Waals surface area (Å²) in [6.45, 7) is 7.35. The van der Waals surface area contributed by atoms with Crippen LogP contribution in [0.15, 0.2) is 6.33 Å². The molecule has 2 aromatic rings. The van der Waals surface area contributed by atoms with Gasteiger partial charge in [-0.25, -0.2) is 4.98 Å². The van der Waals surface area contributed by atoms with Gasteiger partial charge in [-0.1, -0.05) is 6.92 Å². The van der Waals surface area contributed by atoms with Crippen molar-refractivity contribution in [2.45, 2.75) is 33.2 Å². The van der Waals surface area contributed by atoms with E-state index < -0.39 is 0 Å². The van der Waals surface area contributed by atoms with E-state index in [2.05, 4.69) is 45.6 Å². The number of nitrogens with zero attached hydrogens (tertiary/aromatic N) is 4. The average molecular weight is 234 g/mol. The van der Waals surface area contributed by atoms with Crippen molar-refractivity contribution in [2.75, 3.05) is 17.2 Å². The largest absolute Gasteiger partial charge is 0.368 e. The Morgan fingerprint density at radius 1 is 1.41 bits per heavy atom. The molecule has 0 fully saturated rings. The van der Waals surface area contributed by atoms with Crippen molar-refractivity contribution in [3.8, 4) is 0 Å². The van der Waals surface area contributed by atoms with Gasteiger partial charge in [0.25, 0.3) is 0 Å². The molecule has 0 unspecified atom stereocenters. The van der Waals surface area contributed by atoms with Crippen molar-refractivity contribution in [1.29, 1.82) is 0 Å². The molecule has 0 amide bonds. The Balaban J connectivity index is 2.54. The molecular weight excluding hydrogens is 216 g/mol. The Morgan fingerprint density at radius 3 is 2.82 bits per heavy atom. The van der Waals surface area contributed by atoms with Gasteiger partial charge in [0, 0.05) is 12.6 Å². The lowest BCUT2D eigenvalue weighted by Gasteiger charge is -2.27. The van der Waals surface area contributed by atoms with Gasteiger partial charge in [-0.15, -0.1) is 0 Å². The summed E-state index contributed by atoms with van der Waals surface area (Å²) >= 11 is 0. The monoisotopic (exact) mass is 234 g/mol. The van der Waals surface area contributed by atoms with Crippen molar-refractivity contribution < 1.29 is 0 Å². The van der Waals surface area contributed by atoms with Crippen LogP contribution in [0.1, 0.15) is 27.2 Å². The first-order chi connectivity index (χ1) is 8.13. The van der Waals surface area contributed by atoms with E-state index >= 15 is 0 Å². The van der Waals surface area contributed by atoms with Gasteiger partial charge in [-0.3, -0.25) is 0 Å². The molecule has 0 atom stereocenters. The van der Waals surface area contributed by atoms with Crippen molar-refractivity contribution in [2.24, 2.45) is 0 Å². The fourth-order valence-electron chi connectivity index (χ4n) is 1.89. The fourth-order valence-corrected chi connectivity index (χ4v) is 1.89. The van der Waals surface area contributed by atoms with E-state index in [1.807, 2.05) is 0 Å². The average Bonchev–Trinajstić information content (AvgIpc) is 2.72. The van der Waals surface area contributed by atoms with Crippen LogP contribution < -0.4 is 10.6 Å². The summed E-state index contributed by atoms with van der Waals surface area (Å²) in [6, 6.07) is 0.357. The predicted molar refractivity (Wildman–Crippen MR) is 68.9 cm³/mol. The minimum absolute atomic E-state index is 0.265. The molecule has 0 spiro atoms. The van der Waals surface area contributed by atoms with Crippen LogP contribution in [0.3, 0.4) is 0 Å². The number of rotatable bonds is 4. The van der Waals surface area contributed by atoms with Gasteiger partial charge < -0.3 is 15.6 Å². The third kappa shape index (κ3) is 2.15. The summed E-state index contributed by atoms with van der Waals surface area (Å²) in [6.07, 6.45) is 2.67. The number of nitrogens with one attached hydrogen (secondary N) is 1. The lowest BCUT2D eigenvalue weighted by atomic mass is 10.3. The van der Waals surface area contributed by atoms with Crippen LogP contribution in [-0.4, -0.2) is 32.5 Å². The first kappa shape index (κ1) is 11.6. The van der Waals surface area contributed by atoms with E-state index in [0.29, 0.717) is 11.7 Å². The first-order valence-corrected chi connectivity index (χ1v) is 5.86. The van der Waals surface area contributed by atoms with Crippen LogP contribution in [0.25, 0.3) is 11.2 Å². The van der Waals surface area contributed by atoms with Crippen LogP contribution in [0.4, 0.5) is 11.8 Å². The van der Waals surface area contributed by atoms with Gasteiger partial charge >= 0.3 is 0 Å². The van der Waals surface area contributed by atoms with E-state index in [0.717, 1.165) is 24.3 Å². The standard InChI is InChI=1S/C11H18N6/c1-4-5-17(7(2)3)10-8-9(14-6-13-8)15-11(12)16-10/h6-7H,4-5H2,1-3H3,(H3,12,13,14,15,16). The number of anilines is 2. The minimum atomic E-state index is 0.265. The van der Waals surface area contributed by atoms with E-state index in [-0.39, 0.29) is 5.95 Å². The summed E-state index contributed by atoms with van der Waals surface area (Å²) in [5, 5.41) is 0. The summed E-state index contributed by atoms with van der Waals surface area (Å²) in [5.74, 6) is 1.10. The molecule has 17 heavy (non-hydrogen) atoms. The Bertz CT molecular complexity index is 504. The van der Waals surface area contributed by atoms with Crippen molar-refractivity contribution >= 4 is 22.9 Å². The van der Waals surface area contributed by atoms with Gasteiger partial charge in [-0.2, -0.15) is 9.97 Å². The van der Waals surface area contributed by atoms with Crippen molar-refractivity contribution in [3.05, 3.63) is 6.33 Å². The number of imidazole rings is 1. The first-order valence-electron chi connectivity index (χ1n) is 5.86. The van der Waals surface area contributed by atoms with Crippen LogP contribution in [-0.2, 0) is 0 Å². The minimum Gasteiger partial charge on any atom is -0.368 e. The molecule has 0 aromatic carbocycles. The van der Waals surface area contributed by atoms with Gasteiger partial charge in [-0.05, 0) is 20.3 Å². The summed E-state index contributed by atoms with van der Waals surface area (Å²) < 4.78 is 0. The Labute approximate surface area is 100 Å². The molecule has 2 rings (SSSR count). The molecule has 0 aliphatic rings. The molecule has 0 radical (unpaired) electrons. The highest BCUT2D eigenvalue weighted by atomic mass is 15.2. The lowest BCUT2D eigenvalue weighted by molar-refractivity contribution is 0.664. The van der Waals surface area contributed by atoms with Crippen LogP contribution in [0.2, 0.25) is 0 Å². The number of aromatic nitrogens is 4. The van der Waals surface area contributed by atoms with E-state index in [1.54, 1.807) is 6.33 Å². The number of nitrogen functional groups attached to an aromatic ring is 1. The van der Waals surface area contributed by atoms with Crippen molar-refractivity contribution in [3.63, 3.8) is 0 Å². The number of hydrogen-bond donors (Lipinski definition) is 2. The SMILES string of the molecule is CCCN(c1nc(N)nc2nc[nH]c12)C(C)C. The number of nitrogens with two attached hydrogens (primary N) is 1. The zero-order chi connectivity index (χ0) is 12.4.